The second-order valence-electron chi connectivity index (χ2n) is 6.33. The van der Waals surface area contributed by atoms with Crippen molar-refractivity contribution < 1.29 is 9.53 Å². The predicted octanol–water partition coefficient (Wildman–Crippen LogP) is 3.72. The van der Waals surface area contributed by atoms with Crippen molar-refractivity contribution in [2.75, 3.05) is 7.11 Å². The van der Waals surface area contributed by atoms with Crippen LogP contribution >= 0.6 is 0 Å². The van der Waals surface area contributed by atoms with Gasteiger partial charge < -0.3 is 9.64 Å². The van der Waals surface area contributed by atoms with E-state index >= 15 is 0 Å². The molecule has 4 nitrogen and oxygen atoms in total. The second-order valence-corrected chi connectivity index (χ2v) is 6.33. The van der Waals surface area contributed by atoms with Gasteiger partial charge >= 0.3 is 0 Å². The maximum Gasteiger partial charge on any atom is 0.223 e. The van der Waals surface area contributed by atoms with Crippen molar-refractivity contribution in [2.24, 2.45) is 0 Å². The molecule has 1 aromatic heterocycles. The van der Waals surface area contributed by atoms with E-state index < -0.39 is 0 Å². The number of carbonyl (C=O) groups excluding carboxylic acids is 1. The number of amides is 1. The Morgan fingerprint density at radius 3 is 2.84 bits per heavy atom. The molecule has 4 rings (SSSR count). The summed E-state index contributed by atoms with van der Waals surface area (Å²) in [6.45, 7) is 1.27. The van der Waals surface area contributed by atoms with E-state index in [0.717, 1.165) is 28.0 Å². The molecule has 0 spiro atoms. The average molecular weight is 332 g/mol. The molecule has 0 aliphatic carbocycles. The fraction of sp³-hybridized carbons (Fsp3) is 0.238. The first-order valence-corrected chi connectivity index (χ1v) is 8.51. The van der Waals surface area contributed by atoms with Crippen molar-refractivity contribution in [3.8, 4) is 5.75 Å². The molecule has 0 N–H and O–H groups in total. The highest BCUT2D eigenvalue weighted by molar-refractivity contribution is 5.88. The van der Waals surface area contributed by atoms with Crippen molar-refractivity contribution in [3.63, 3.8) is 0 Å². The minimum atomic E-state index is 0.160. The van der Waals surface area contributed by atoms with Crippen LogP contribution in [0.5, 0.6) is 5.75 Å². The van der Waals surface area contributed by atoms with E-state index in [1.807, 2.05) is 35.2 Å². The van der Waals surface area contributed by atoms with Crippen molar-refractivity contribution in [2.45, 2.75) is 25.9 Å². The summed E-state index contributed by atoms with van der Waals surface area (Å²) in [5.41, 5.74) is 3.26. The molecule has 1 aliphatic rings. The standard InChI is InChI=1S/C21H20N2O2/c1-25-20-10-8-15-5-2-3-7-17(15)18(20)9-11-21(24)23-13-16-6-4-12-22-19(16)14-23/h2-8,10,12H,9,11,13-14H2,1H3. The Kier molecular flexibility index (Phi) is 4.10. The van der Waals surface area contributed by atoms with Crippen LogP contribution in [0.15, 0.2) is 54.7 Å². The lowest BCUT2D eigenvalue weighted by molar-refractivity contribution is -0.131. The van der Waals surface area contributed by atoms with Gasteiger partial charge in [-0.15, -0.1) is 0 Å². The molecule has 1 amide bonds. The number of rotatable bonds is 4. The zero-order valence-corrected chi connectivity index (χ0v) is 14.2. The van der Waals surface area contributed by atoms with Gasteiger partial charge in [0.25, 0.3) is 0 Å². The summed E-state index contributed by atoms with van der Waals surface area (Å²) < 4.78 is 5.53. The molecule has 1 aliphatic heterocycles. The largest absolute Gasteiger partial charge is 0.496 e. The Morgan fingerprint density at radius 2 is 2.00 bits per heavy atom. The van der Waals surface area contributed by atoms with Crippen LogP contribution in [0.2, 0.25) is 0 Å². The van der Waals surface area contributed by atoms with Gasteiger partial charge in [-0.25, -0.2) is 0 Å². The van der Waals surface area contributed by atoms with Gasteiger partial charge in [-0.1, -0.05) is 36.4 Å². The summed E-state index contributed by atoms with van der Waals surface area (Å²) in [6, 6.07) is 16.2. The number of ether oxygens (including phenoxy) is 1. The minimum absolute atomic E-state index is 0.160. The van der Waals surface area contributed by atoms with E-state index in [-0.39, 0.29) is 5.91 Å². The highest BCUT2D eigenvalue weighted by atomic mass is 16.5. The topological polar surface area (TPSA) is 42.4 Å². The Bertz CT molecular complexity index is 911. The molecule has 0 bridgehead atoms. The molecule has 0 fully saturated rings. The zero-order valence-electron chi connectivity index (χ0n) is 14.2. The third-order valence-electron chi connectivity index (χ3n) is 4.85. The molecule has 3 aromatic rings. The molecular weight excluding hydrogens is 312 g/mol. The molecule has 0 unspecified atom stereocenters. The molecule has 25 heavy (non-hydrogen) atoms. The van der Waals surface area contributed by atoms with Gasteiger partial charge in [0.1, 0.15) is 5.75 Å². The molecule has 0 saturated heterocycles. The normalized spacial score (nSPS) is 13.1. The number of aromatic nitrogens is 1. The Hall–Kier alpha value is -2.88. The van der Waals surface area contributed by atoms with Crippen LogP contribution in [-0.4, -0.2) is 22.9 Å². The predicted molar refractivity (Wildman–Crippen MR) is 97.3 cm³/mol. The van der Waals surface area contributed by atoms with Crippen LogP contribution in [0.1, 0.15) is 23.2 Å². The Balaban J connectivity index is 1.52. The Labute approximate surface area is 147 Å². The molecule has 0 saturated carbocycles. The van der Waals surface area contributed by atoms with Crippen LogP contribution in [-0.2, 0) is 24.3 Å². The number of nitrogens with zero attached hydrogens (tertiary/aromatic N) is 2. The lowest BCUT2D eigenvalue weighted by Crippen LogP contribution is -2.25. The van der Waals surface area contributed by atoms with Gasteiger partial charge in [0.05, 0.1) is 19.3 Å². The van der Waals surface area contributed by atoms with E-state index in [2.05, 4.69) is 23.2 Å². The molecular formula is C21H20N2O2. The van der Waals surface area contributed by atoms with E-state index in [1.54, 1.807) is 13.3 Å². The number of benzene rings is 2. The third-order valence-corrected chi connectivity index (χ3v) is 4.85. The summed E-state index contributed by atoms with van der Waals surface area (Å²) in [6.07, 6.45) is 2.93. The molecule has 4 heteroatoms. The fourth-order valence-electron chi connectivity index (χ4n) is 3.53. The fourth-order valence-corrected chi connectivity index (χ4v) is 3.53. The van der Waals surface area contributed by atoms with E-state index in [1.165, 1.54) is 5.39 Å². The van der Waals surface area contributed by atoms with Crippen molar-refractivity contribution in [3.05, 3.63) is 71.5 Å². The maximum atomic E-state index is 12.7. The van der Waals surface area contributed by atoms with Gasteiger partial charge in [-0.2, -0.15) is 0 Å². The van der Waals surface area contributed by atoms with Gasteiger partial charge in [-0.05, 0) is 34.9 Å². The number of fused-ring (bicyclic) bond motifs is 2. The van der Waals surface area contributed by atoms with E-state index in [4.69, 9.17) is 4.74 Å². The van der Waals surface area contributed by atoms with Gasteiger partial charge in [-0.3, -0.25) is 9.78 Å². The third kappa shape index (κ3) is 2.95. The molecule has 0 radical (unpaired) electrons. The van der Waals surface area contributed by atoms with Crippen molar-refractivity contribution in [1.29, 1.82) is 0 Å². The van der Waals surface area contributed by atoms with Gasteiger partial charge in [0, 0.05) is 24.7 Å². The number of aryl methyl sites for hydroxylation is 1. The van der Waals surface area contributed by atoms with Crippen molar-refractivity contribution >= 4 is 16.7 Å². The minimum Gasteiger partial charge on any atom is -0.496 e. The lowest BCUT2D eigenvalue weighted by atomic mass is 9.99. The quantitative estimate of drug-likeness (QED) is 0.731. The maximum absolute atomic E-state index is 12.7. The average Bonchev–Trinajstić information content (AvgIpc) is 3.10. The van der Waals surface area contributed by atoms with Crippen LogP contribution in [0.4, 0.5) is 0 Å². The molecule has 0 atom stereocenters. The number of hydrogen-bond acceptors (Lipinski definition) is 3. The SMILES string of the molecule is COc1ccc2ccccc2c1CCC(=O)N1Cc2cccnc2C1. The first kappa shape index (κ1) is 15.6. The summed E-state index contributed by atoms with van der Waals surface area (Å²) in [7, 11) is 1.68. The molecule has 126 valence electrons. The highest BCUT2D eigenvalue weighted by Crippen LogP contribution is 2.30. The van der Waals surface area contributed by atoms with Crippen LogP contribution < -0.4 is 4.74 Å². The van der Waals surface area contributed by atoms with Gasteiger partial charge in [0.15, 0.2) is 0 Å². The summed E-state index contributed by atoms with van der Waals surface area (Å²) in [5.74, 6) is 1.01. The zero-order chi connectivity index (χ0) is 17.2. The highest BCUT2D eigenvalue weighted by Gasteiger charge is 2.24. The number of pyridine rings is 1. The molecule has 2 aromatic carbocycles. The summed E-state index contributed by atoms with van der Waals surface area (Å²) >= 11 is 0. The van der Waals surface area contributed by atoms with Crippen LogP contribution in [0.25, 0.3) is 10.8 Å². The van der Waals surface area contributed by atoms with E-state index in [0.29, 0.717) is 25.9 Å². The number of methoxy groups -OCH3 is 1. The summed E-state index contributed by atoms with van der Waals surface area (Å²) in [4.78, 5) is 18.9. The first-order chi connectivity index (χ1) is 12.3. The smallest absolute Gasteiger partial charge is 0.223 e. The number of hydrogen-bond donors (Lipinski definition) is 0. The molecule has 2 heterocycles. The lowest BCUT2D eigenvalue weighted by Gasteiger charge is -2.16. The van der Waals surface area contributed by atoms with Crippen molar-refractivity contribution in [1.82, 2.24) is 9.88 Å². The first-order valence-electron chi connectivity index (χ1n) is 8.51. The summed E-state index contributed by atoms with van der Waals surface area (Å²) in [5, 5.41) is 2.32. The second kappa shape index (κ2) is 6.55. The van der Waals surface area contributed by atoms with Crippen LogP contribution in [0, 0.1) is 0 Å². The van der Waals surface area contributed by atoms with Crippen LogP contribution in [0.3, 0.4) is 0 Å². The van der Waals surface area contributed by atoms with Gasteiger partial charge in [0.2, 0.25) is 5.91 Å². The monoisotopic (exact) mass is 332 g/mol. The Morgan fingerprint density at radius 1 is 1.12 bits per heavy atom. The van der Waals surface area contributed by atoms with E-state index in [9.17, 15) is 4.79 Å². The number of carbonyl (C=O) groups is 1.